The van der Waals surface area contributed by atoms with Gasteiger partial charge in [-0.3, -0.25) is 4.79 Å². The summed E-state index contributed by atoms with van der Waals surface area (Å²) in [7, 11) is 0. The van der Waals surface area contributed by atoms with Crippen molar-refractivity contribution in [3.63, 3.8) is 0 Å². The van der Waals surface area contributed by atoms with Gasteiger partial charge in [0.25, 0.3) is 0 Å². The molecule has 2 aromatic carbocycles. The number of carbonyl (C=O) groups excluding carboxylic acids is 1. The Hall–Kier alpha value is -2.50. The number of rotatable bonds is 10. The van der Waals surface area contributed by atoms with E-state index < -0.39 is 24.2 Å². The summed E-state index contributed by atoms with van der Waals surface area (Å²) in [6.07, 6.45) is -2.67. The molecule has 0 saturated carbocycles. The van der Waals surface area contributed by atoms with Gasteiger partial charge in [0, 0.05) is 0 Å². The standard InChI is InChI=1S/C27H33F3O3/c1-3-4-6-11-25(27(28,29)30)33-26(31)19(2)21-12-13-23-17-24(15-14-22(23)16-21)32-18-20-9-7-5-8-10-20/h5,7-10,14-15,17,19,21,25H,3-4,6,11-13,16,18H2,1-2H3/t19-,21?,25+/m0/s1. The van der Waals surface area contributed by atoms with Gasteiger partial charge in [-0.1, -0.05) is 63.1 Å². The topological polar surface area (TPSA) is 35.5 Å². The van der Waals surface area contributed by atoms with Crippen LogP contribution in [0.1, 0.15) is 62.6 Å². The number of halogens is 3. The Morgan fingerprint density at radius 3 is 2.55 bits per heavy atom. The predicted octanol–water partition coefficient (Wildman–Crippen LogP) is 7.06. The van der Waals surface area contributed by atoms with Crippen molar-refractivity contribution in [1.29, 1.82) is 0 Å². The van der Waals surface area contributed by atoms with E-state index in [1.807, 2.05) is 55.5 Å². The Morgan fingerprint density at radius 1 is 1.09 bits per heavy atom. The highest BCUT2D eigenvalue weighted by atomic mass is 19.4. The number of esters is 1. The van der Waals surface area contributed by atoms with Gasteiger partial charge in [0.05, 0.1) is 5.92 Å². The number of fused-ring (bicyclic) bond motifs is 1. The van der Waals surface area contributed by atoms with Crippen LogP contribution in [0.5, 0.6) is 5.75 Å². The first kappa shape index (κ1) is 25.1. The first-order valence-corrected chi connectivity index (χ1v) is 11.8. The van der Waals surface area contributed by atoms with Gasteiger partial charge < -0.3 is 9.47 Å². The Bertz CT molecular complexity index is 895. The normalized spacial score (nSPS) is 17.7. The Kier molecular flexibility index (Phi) is 8.81. The third kappa shape index (κ3) is 7.24. The van der Waals surface area contributed by atoms with Crippen molar-refractivity contribution in [1.82, 2.24) is 0 Å². The molecule has 0 N–H and O–H groups in total. The number of unbranched alkanes of at least 4 members (excludes halogenated alkanes) is 2. The van der Waals surface area contributed by atoms with Gasteiger partial charge in [-0.2, -0.15) is 13.2 Å². The molecular weight excluding hydrogens is 429 g/mol. The number of aryl methyl sites for hydroxylation is 1. The molecule has 0 fully saturated rings. The minimum Gasteiger partial charge on any atom is -0.489 e. The predicted molar refractivity (Wildman–Crippen MR) is 122 cm³/mol. The van der Waals surface area contributed by atoms with E-state index in [9.17, 15) is 18.0 Å². The summed E-state index contributed by atoms with van der Waals surface area (Å²) < 4.78 is 50.9. The van der Waals surface area contributed by atoms with Gasteiger partial charge in [0.15, 0.2) is 6.10 Å². The molecule has 0 radical (unpaired) electrons. The Labute approximate surface area is 194 Å². The third-order valence-corrected chi connectivity index (χ3v) is 6.46. The second-order valence-corrected chi connectivity index (χ2v) is 8.96. The maximum absolute atomic E-state index is 13.3. The molecule has 1 aliphatic carbocycles. The quantitative estimate of drug-likeness (QED) is 0.280. The molecule has 1 unspecified atom stereocenters. The summed E-state index contributed by atoms with van der Waals surface area (Å²) in [5, 5.41) is 0. The van der Waals surface area contributed by atoms with Crippen LogP contribution in [0, 0.1) is 11.8 Å². The molecule has 0 heterocycles. The van der Waals surface area contributed by atoms with E-state index in [4.69, 9.17) is 9.47 Å². The molecule has 3 nitrogen and oxygen atoms in total. The summed E-state index contributed by atoms with van der Waals surface area (Å²) in [6, 6.07) is 15.9. The molecule has 0 spiro atoms. The Morgan fingerprint density at radius 2 is 1.85 bits per heavy atom. The molecule has 1 aliphatic rings. The van der Waals surface area contributed by atoms with Crippen molar-refractivity contribution in [3.05, 3.63) is 65.2 Å². The van der Waals surface area contributed by atoms with Crippen LogP contribution < -0.4 is 4.74 Å². The van der Waals surface area contributed by atoms with E-state index in [0.717, 1.165) is 36.1 Å². The van der Waals surface area contributed by atoms with Gasteiger partial charge in [0.2, 0.25) is 0 Å². The summed E-state index contributed by atoms with van der Waals surface area (Å²) in [5.41, 5.74) is 3.38. The Balaban J connectivity index is 1.57. The van der Waals surface area contributed by atoms with E-state index >= 15 is 0 Å². The summed E-state index contributed by atoms with van der Waals surface area (Å²) >= 11 is 0. The monoisotopic (exact) mass is 462 g/mol. The minimum atomic E-state index is -4.53. The van der Waals surface area contributed by atoms with E-state index in [1.54, 1.807) is 6.92 Å². The number of ether oxygens (including phenoxy) is 2. The second kappa shape index (κ2) is 11.6. The molecule has 3 atom stereocenters. The average Bonchev–Trinajstić information content (AvgIpc) is 2.81. The molecule has 0 aliphatic heterocycles. The van der Waals surface area contributed by atoms with E-state index in [0.29, 0.717) is 25.9 Å². The van der Waals surface area contributed by atoms with Gasteiger partial charge in [-0.05, 0) is 66.8 Å². The zero-order chi connectivity index (χ0) is 23.8. The van der Waals surface area contributed by atoms with Crippen molar-refractivity contribution < 1.29 is 27.4 Å². The molecule has 33 heavy (non-hydrogen) atoms. The van der Waals surface area contributed by atoms with Crippen molar-refractivity contribution in [3.8, 4) is 5.75 Å². The van der Waals surface area contributed by atoms with Gasteiger partial charge >= 0.3 is 12.1 Å². The largest absolute Gasteiger partial charge is 0.489 e. The summed E-state index contributed by atoms with van der Waals surface area (Å²) in [4.78, 5) is 12.6. The number of carbonyl (C=O) groups is 1. The molecular formula is C27H33F3O3. The number of hydrogen-bond acceptors (Lipinski definition) is 3. The molecule has 6 heteroatoms. The van der Waals surface area contributed by atoms with Crippen molar-refractivity contribution >= 4 is 5.97 Å². The van der Waals surface area contributed by atoms with Crippen molar-refractivity contribution in [2.75, 3.05) is 0 Å². The maximum atomic E-state index is 13.3. The lowest BCUT2D eigenvalue weighted by molar-refractivity contribution is -0.225. The molecule has 0 saturated heterocycles. The lowest BCUT2D eigenvalue weighted by Gasteiger charge is -2.30. The first-order valence-electron chi connectivity index (χ1n) is 11.8. The molecule has 0 amide bonds. The van der Waals surface area contributed by atoms with Gasteiger partial charge in [-0.15, -0.1) is 0 Å². The SMILES string of the molecule is CCCCC[C@@H](OC(=O)[C@@H](C)C1CCc2cc(OCc3ccccc3)ccc2C1)C(F)(F)F. The lowest BCUT2D eigenvalue weighted by atomic mass is 9.77. The fourth-order valence-corrected chi connectivity index (χ4v) is 4.33. The van der Waals surface area contributed by atoms with Gasteiger partial charge in [-0.25, -0.2) is 0 Å². The zero-order valence-corrected chi connectivity index (χ0v) is 19.4. The highest BCUT2D eigenvalue weighted by Crippen LogP contribution is 2.34. The van der Waals surface area contributed by atoms with Crippen LogP contribution in [0.3, 0.4) is 0 Å². The maximum Gasteiger partial charge on any atom is 0.425 e. The first-order chi connectivity index (χ1) is 15.8. The highest BCUT2D eigenvalue weighted by molar-refractivity contribution is 5.72. The van der Waals surface area contributed by atoms with Crippen LogP contribution in [0.25, 0.3) is 0 Å². The van der Waals surface area contributed by atoms with E-state index in [2.05, 4.69) is 0 Å². The molecule has 2 aromatic rings. The molecule has 3 rings (SSSR count). The lowest BCUT2D eigenvalue weighted by Crippen LogP contribution is -2.37. The summed E-state index contributed by atoms with van der Waals surface area (Å²) in [5.74, 6) is -0.567. The van der Waals surface area contributed by atoms with Crippen LogP contribution in [0.4, 0.5) is 13.2 Å². The van der Waals surface area contributed by atoms with Gasteiger partial charge in [0.1, 0.15) is 12.4 Å². The van der Waals surface area contributed by atoms with Crippen LogP contribution in [0.15, 0.2) is 48.5 Å². The molecule has 0 aromatic heterocycles. The van der Waals surface area contributed by atoms with Crippen LogP contribution in [-0.2, 0) is 29.0 Å². The number of benzene rings is 2. The zero-order valence-electron chi connectivity index (χ0n) is 19.4. The number of alkyl halides is 3. The van der Waals surface area contributed by atoms with E-state index in [-0.39, 0.29) is 12.3 Å². The molecule has 180 valence electrons. The second-order valence-electron chi connectivity index (χ2n) is 8.96. The molecule has 0 bridgehead atoms. The van der Waals surface area contributed by atoms with Crippen molar-refractivity contribution in [2.45, 2.75) is 77.7 Å². The summed E-state index contributed by atoms with van der Waals surface area (Å²) in [6.45, 7) is 4.11. The highest BCUT2D eigenvalue weighted by Gasteiger charge is 2.43. The fraction of sp³-hybridized carbons (Fsp3) is 0.519. The number of hydrogen-bond donors (Lipinski definition) is 0. The minimum absolute atomic E-state index is 0.0365. The van der Waals surface area contributed by atoms with Crippen LogP contribution in [-0.4, -0.2) is 18.2 Å². The fourth-order valence-electron chi connectivity index (χ4n) is 4.33. The van der Waals surface area contributed by atoms with Crippen LogP contribution >= 0.6 is 0 Å². The van der Waals surface area contributed by atoms with Crippen molar-refractivity contribution in [2.24, 2.45) is 11.8 Å². The smallest absolute Gasteiger partial charge is 0.425 e. The third-order valence-electron chi connectivity index (χ3n) is 6.46. The van der Waals surface area contributed by atoms with E-state index in [1.165, 1.54) is 5.56 Å². The van der Waals surface area contributed by atoms with Crippen LogP contribution in [0.2, 0.25) is 0 Å². The average molecular weight is 463 g/mol.